The van der Waals surface area contributed by atoms with Gasteiger partial charge in [-0.05, 0) is 13.3 Å². The summed E-state index contributed by atoms with van der Waals surface area (Å²) < 4.78 is 4.94. The molecule has 0 aliphatic rings. The average molecular weight is 355 g/mol. The fraction of sp³-hybridized carbons (Fsp3) is 0.462. The van der Waals surface area contributed by atoms with E-state index in [4.69, 9.17) is 4.74 Å². The Kier molecular flexibility index (Phi) is 6.11. The van der Waals surface area contributed by atoms with Gasteiger partial charge >= 0.3 is 0 Å². The van der Waals surface area contributed by atoms with E-state index in [1.165, 1.54) is 24.5 Å². The van der Waals surface area contributed by atoms with Gasteiger partial charge in [0.05, 0.1) is 18.4 Å². The first kappa shape index (κ1) is 17.4. The van der Waals surface area contributed by atoms with E-state index >= 15 is 0 Å². The lowest BCUT2D eigenvalue weighted by atomic mass is 10.4. The van der Waals surface area contributed by atoms with Gasteiger partial charge in [0, 0.05) is 6.42 Å². The number of nitrogens with one attached hydrogen (secondary N) is 2. The lowest BCUT2D eigenvalue weighted by Crippen LogP contribution is -2.23. The van der Waals surface area contributed by atoms with Crippen LogP contribution in [0.1, 0.15) is 25.3 Å². The third-order valence-corrected chi connectivity index (χ3v) is 4.61. The van der Waals surface area contributed by atoms with E-state index in [0.717, 1.165) is 29.6 Å². The van der Waals surface area contributed by atoms with Crippen LogP contribution in [0.25, 0.3) is 0 Å². The number of carbonyl (C=O) groups excluding carboxylic acids is 1. The lowest BCUT2D eigenvalue weighted by Gasteiger charge is -2.09. The Labute approximate surface area is 141 Å². The summed E-state index contributed by atoms with van der Waals surface area (Å²) in [5.41, 5.74) is -0.333. The maximum Gasteiger partial charge on any atom is 0.255 e. The molecule has 2 N–H and O–H groups in total. The molecule has 8 nitrogen and oxygen atoms in total. The highest BCUT2D eigenvalue weighted by molar-refractivity contribution is 8.00. The van der Waals surface area contributed by atoms with Crippen molar-refractivity contribution in [3.05, 3.63) is 21.4 Å². The predicted molar refractivity (Wildman–Crippen MR) is 89.3 cm³/mol. The molecule has 1 atom stereocenters. The number of aromatic nitrogens is 4. The third-order valence-electron chi connectivity index (χ3n) is 2.72. The van der Waals surface area contributed by atoms with Crippen LogP contribution in [0.3, 0.4) is 0 Å². The van der Waals surface area contributed by atoms with Gasteiger partial charge in [-0.25, -0.2) is 0 Å². The first-order valence-electron chi connectivity index (χ1n) is 6.97. The molecule has 2 aromatic heterocycles. The highest BCUT2D eigenvalue weighted by Crippen LogP contribution is 2.22. The van der Waals surface area contributed by atoms with Crippen molar-refractivity contribution in [2.24, 2.45) is 0 Å². The second-order valence-electron chi connectivity index (χ2n) is 4.59. The van der Waals surface area contributed by atoms with E-state index < -0.39 is 5.25 Å². The fourth-order valence-corrected chi connectivity index (χ4v) is 3.27. The second-order valence-corrected chi connectivity index (χ2v) is 6.98. The quantitative estimate of drug-likeness (QED) is 0.574. The van der Waals surface area contributed by atoms with Gasteiger partial charge in [0.15, 0.2) is 5.16 Å². The smallest absolute Gasteiger partial charge is 0.255 e. The Hall–Kier alpha value is -1.94. The molecule has 124 valence electrons. The van der Waals surface area contributed by atoms with Crippen LogP contribution in [0.15, 0.2) is 16.0 Å². The molecular weight excluding hydrogens is 338 g/mol. The monoisotopic (exact) mass is 355 g/mol. The lowest BCUT2D eigenvalue weighted by molar-refractivity contribution is -0.115. The molecular formula is C13H17N5O3S2. The first-order valence-corrected chi connectivity index (χ1v) is 8.66. The van der Waals surface area contributed by atoms with Gasteiger partial charge in [0.25, 0.3) is 5.56 Å². The summed E-state index contributed by atoms with van der Waals surface area (Å²) in [6, 6.07) is 1.24. The maximum atomic E-state index is 12.2. The molecule has 23 heavy (non-hydrogen) atoms. The Morgan fingerprint density at radius 2 is 2.30 bits per heavy atom. The van der Waals surface area contributed by atoms with Crippen LogP contribution in [0.2, 0.25) is 0 Å². The zero-order valence-electron chi connectivity index (χ0n) is 13.0. The molecule has 0 saturated heterocycles. The normalized spacial score (nSPS) is 12.0. The number of thioether (sulfide) groups is 1. The van der Waals surface area contributed by atoms with Gasteiger partial charge in [-0.2, -0.15) is 4.98 Å². The molecule has 0 unspecified atom stereocenters. The number of hydrogen-bond acceptors (Lipinski definition) is 8. The Balaban J connectivity index is 1.99. The van der Waals surface area contributed by atoms with Crippen LogP contribution in [0.5, 0.6) is 5.88 Å². The number of rotatable bonds is 7. The van der Waals surface area contributed by atoms with Crippen LogP contribution in [0, 0.1) is 0 Å². The number of amides is 1. The van der Waals surface area contributed by atoms with Crippen molar-refractivity contribution in [2.45, 2.75) is 37.1 Å². The van der Waals surface area contributed by atoms with E-state index in [2.05, 4.69) is 32.4 Å². The van der Waals surface area contributed by atoms with Gasteiger partial charge < -0.3 is 9.72 Å². The van der Waals surface area contributed by atoms with Gasteiger partial charge in [-0.3, -0.25) is 14.9 Å². The van der Waals surface area contributed by atoms with Crippen molar-refractivity contribution in [1.82, 2.24) is 20.2 Å². The summed E-state index contributed by atoms with van der Waals surface area (Å²) in [6.07, 6.45) is 1.82. The Morgan fingerprint density at radius 1 is 1.52 bits per heavy atom. The largest absolute Gasteiger partial charge is 0.481 e. The van der Waals surface area contributed by atoms with Gasteiger partial charge in [-0.15, -0.1) is 10.2 Å². The van der Waals surface area contributed by atoms with Crippen molar-refractivity contribution < 1.29 is 9.53 Å². The van der Waals surface area contributed by atoms with Gasteiger partial charge in [0.2, 0.25) is 16.9 Å². The van der Waals surface area contributed by atoms with Crippen LogP contribution < -0.4 is 15.6 Å². The summed E-state index contributed by atoms with van der Waals surface area (Å²) in [6.45, 7) is 3.77. The predicted octanol–water partition coefficient (Wildman–Crippen LogP) is 1.70. The molecule has 0 saturated carbocycles. The molecule has 2 rings (SSSR count). The van der Waals surface area contributed by atoms with Crippen molar-refractivity contribution in [1.29, 1.82) is 0 Å². The second kappa shape index (κ2) is 8.06. The minimum Gasteiger partial charge on any atom is -0.481 e. The molecule has 2 heterocycles. The van der Waals surface area contributed by atoms with Crippen LogP contribution in [-0.2, 0) is 11.2 Å². The zero-order chi connectivity index (χ0) is 16.8. The van der Waals surface area contributed by atoms with E-state index in [-0.39, 0.29) is 17.3 Å². The topological polar surface area (TPSA) is 110 Å². The fourth-order valence-electron chi connectivity index (χ4n) is 1.62. The van der Waals surface area contributed by atoms with Gasteiger partial charge in [-0.1, -0.05) is 30.0 Å². The van der Waals surface area contributed by atoms with E-state index in [1.807, 2.05) is 0 Å². The number of H-pyrrole nitrogens is 1. The highest BCUT2D eigenvalue weighted by atomic mass is 32.2. The number of methoxy groups -OCH3 is 1. The molecule has 10 heteroatoms. The molecule has 0 aliphatic carbocycles. The van der Waals surface area contributed by atoms with E-state index in [1.54, 1.807) is 6.92 Å². The summed E-state index contributed by atoms with van der Waals surface area (Å²) in [4.78, 5) is 30.3. The number of ether oxygens (including phenoxy) is 1. The highest BCUT2D eigenvalue weighted by Gasteiger charge is 2.18. The first-order chi connectivity index (χ1) is 11.0. The Morgan fingerprint density at radius 3 is 3.00 bits per heavy atom. The van der Waals surface area contributed by atoms with Gasteiger partial charge in [0.1, 0.15) is 5.01 Å². The summed E-state index contributed by atoms with van der Waals surface area (Å²) >= 11 is 2.49. The van der Waals surface area contributed by atoms with E-state index in [9.17, 15) is 9.59 Å². The molecule has 0 bridgehead atoms. The molecule has 0 aliphatic heterocycles. The standard InChI is InChI=1S/C13H17N5O3S2/c1-4-5-10-17-18-13(23-10)16-11(20)7(2)22-12-14-8(19)6-9(15-12)21-3/h6-7H,4-5H2,1-3H3,(H,14,15,19)(H,16,18,20)/t7-/m0/s1. The molecule has 1 amide bonds. The molecule has 0 aromatic carbocycles. The van der Waals surface area contributed by atoms with Crippen LogP contribution in [-0.4, -0.2) is 38.4 Å². The Bertz CT molecular complexity index is 730. The minimum absolute atomic E-state index is 0.206. The average Bonchev–Trinajstić information content (AvgIpc) is 2.94. The van der Waals surface area contributed by atoms with E-state index in [0.29, 0.717) is 10.3 Å². The molecule has 0 spiro atoms. The maximum absolute atomic E-state index is 12.2. The molecule has 2 aromatic rings. The SMILES string of the molecule is CCCc1nnc(NC(=O)[C@H](C)Sc2nc(OC)cc(=O)[nH]2)s1. The number of anilines is 1. The molecule has 0 fully saturated rings. The number of aryl methyl sites for hydroxylation is 1. The number of nitrogens with zero attached hydrogens (tertiary/aromatic N) is 3. The van der Waals surface area contributed by atoms with Crippen molar-refractivity contribution >= 4 is 34.1 Å². The third kappa shape index (κ3) is 5.03. The van der Waals surface area contributed by atoms with Crippen LogP contribution in [0.4, 0.5) is 5.13 Å². The van der Waals surface area contributed by atoms with Crippen LogP contribution >= 0.6 is 23.1 Å². The number of hydrogen-bond donors (Lipinski definition) is 2. The van der Waals surface area contributed by atoms with Crippen molar-refractivity contribution in [3.63, 3.8) is 0 Å². The number of carbonyl (C=O) groups is 1. The summed E-state index contributed by atoms with van der Waals surface area (Å²) in [7, 11) is 1.43. The van der Waals surface area contributed by atoms with Crippen molar-refractivity contribution in [2.75, 3.05) is 12.4 Å². The minimum atomic E-state index is -0.469. The number of aromatic amines is 1. The van der Waals surface area contributed by atoms with Crippen molar-refractivity contribution in [3.8, 4) is 5.88 Å². The summed E-state index contributed by atoms with van der Waals surface area (Å²) in [5, 5.41) is 11.9. The zero-order valence-corrected chi connectivity index (χ0v) is 14.6. The summed E-state index contributed by atoms with van der Waals surface area (Å²) in [5.74, 6) is -0.0307. The molecule has 0 radical (unpaired) electrons.